The molecular weight excluding hydrogens is 250 g/mol. The molecule has 4 heteroatoms. The van der Waals surface area contributed by atoms with Crippen LogP contribution in [-0.4, -0.2) is 4.98 Å². The molecule has 0 saturated heterocycles. The van der Waals surface area contributed by atoms with Gasteiger partial charge in [-0.05, 0) is 37.1 Å². The van der Waals surface area contributed by atoms with Crippen LogP contribution in [0.3, 0.4) is 0 Å². The van der Waals surface area contributed by atoms with Crippen molar-refractivity contribution in [2.24, 2.45) is 5.73 Å². The normalized spacial score (nSPS) is 11.7. The van der Waals surface area contributed by atoms with E-state index < -0.39 is 0 Å². The van der Waals surface area contributed by atoms with E-state index in [1.165, 1.54) is 0 Å². The number of nitrogens with zero attached hydrogens (tertiary/aromatic N) is 2. The molecule has 102 valence electrons. The van der Waals surface area contributed by atoms with Gasteiger partial charge in [0.2, 0.25) is 0 Å². The molecule has 0 radical (unpaired) electrons. The van der Waals surface area contributed by atoms with Crippen molar-refractivity contribution in [3.8, 4) is 11.8 Å². The predicted octanol–water partition coefficient (Wildman–Crippen LogP) is 2.86. The van der Waals surface area contributed by atoms with E-state index in [1.807, 2.05) is 38.1 Å². The number of pyridine rings is 1. The minimum Gasteiger partial charge on any atom is -0.489 e. The Labute approximate surface area is 118 Å². The number of ether oxygens (including phenoxy) is 1. The zero-order chi connectivity index (χ0) is 14.5. The summed E-state index contributed by atoms with van der Waals surface area (Å²) in [7, 11) is 0. The third kappa shape index (κ3) is 3.14. The molecule has 2 rings (SSSR count). The Hall–Kier alpha value is -2.38. The molecule has 1 atom stereocenters. The quantitative estimate of drug-likeness (QED) is 0.924. The van der Waals surface area contributed by atoms with Gasteiger partial charge in [-0.1, -0.05) is 18.2 Å². The Bertz CT molecular complexity index is 644. The van der Waals surface area contributed by atoms with Crippen LogP contribution in [-0.2, 0) is 6.61 Å². The van der Waals surface area contributed by atoms with E-state index in [0.29, 0.717) is 12.3 Å². The highest BCUT2D eigenvalue weighted by molar-refractivity contribution is 5.38. The third-order valence-electron chi connectivity index (χ3n) is 3.11. The molecule has 4 nitrogen and oxygen atoms in total. The molecule has 1 aromatic carbocycles. The summed E-state index contributed by atoms with van der Waals surface area (Å²) >= 11 is 0. The molecule has 0 aliphatic carbocycles. The monoisotopic (exact) mass is 267 g/mol. The zero-order valence-electron chi connectivity index (χ0n) is 11.6. The molecule has 0 bridgehead atoms. The molecule has 0 fully saturated rings. The summed E-state index contributed by atoms with van der Waals surface area (Å²) in [6, 6.07) is 11.6. The SMILES string of the molecule is Cc1cc([C@H](C)N)ccc1OCc1cccnc1C#N. The van der Waals surface area contributed by atoms with Gasteiger partial charge >= 0.3 is 0 Å². The second-order valence-corrected chi connectivity index (χ2v) is 4.73. The number of nitriles is 1. The van der Waals surface area contributed by atoms with E-state index in [4.69, 9.17) is 15.7 Å². The fourth-order valence-corrected chi connectivity index (χ4v) is 1.93. The summed E-state index contributed by atoms with van der Waals surface area (Å²) in [5.74, 6) is 0.794. The van der Waals surface area contributed by atoms with Crippen LogP contribution in [0, 0.1) is 18.3 Å². The van der Waals surface area contributed by atoms with Crippen molar-refractivity contribution in [1.29, 1.82) is 5.26 Å². The van der Waals surface area contributed by atoms with Crippen molar-refractivity contribution in [3.05, 3.63) is 58.9 Å². The second kappa shape index (κ2) is 6.18. The summed E-state index contributed by atoms with van der Waals surface area (Å²) in [5, 5.41) is 8.99. The highest BCUT2D eigenvalue weighted by Crippen LogP contribution is 2.23. The maximum absolute atomic E-state index is 8.99. The van der Waals surface area contributed by atoms with Crippen molar-refractivity contribution in [1.82, 2.24) is 4.98 Å². The van der Waals surface area contributed by atoms with Gasteiger partial charge in [0.1, 0.15) is 24.1 Å². The summed E-state index contributed by atoms with van der Waals surface area (Å²) in [5.41, 5.74) is 9.14. The number of nitrogens with two attached hydrogens (primary N) is 1. The summed E-state index contributed by atoms with van der Waals surface area (Å²) in [6.45, 7) is 4.26. The Morgan fingerprint density at radius 1 is 1.40 bits per heavy atom. The Morgan fingerprint density at radius 3 is 2.85 bits per heavy atom. The summed E-state index contributed by atoms with van der Waals surface area (Å²) in [4.78, 5) is 4.01. The Balaban J connectivity index is 2.14. The van der Waals surface area contributed by atoms with Gasteiger partial charge in [0.05, 0.1) is 0 Å². The lowest BCUT2D eigenvalue weighted by Gasteiger charge is -2.12. The lowest BCUT2D eigenvalue weighted by molar-refractivity contribution is 0.303. The lowest BCUT2D eigenvalue weighted by Crippen LogP contribution is -2.06. The number of aryl methyl sites for hydroxylation is 1. The van der Waals surface area contributed by atoms with Gasteiger partial charge in [0, 0.05) is 17.8 Å². The number of aromatic nitrogens is 1. The van der Waals surface area contributed by atoms with Gasteiger partial charge in [0.25, 0.3) is 0 Å². The van der Waals surface area contributed by atoms with E-state index in [-0.39, 0.29) is 6.04 Å². The average molecular weight is 267 g/mol. The van der Waals surface area contributed by atoms with Crippen LogP contribution < -0.4 is 10.5 Å². The second-order valence-electron chi connectivity index (χ2n) is 4.73. The van der Waals surface area contributed by atoms with Gasteiger partial charge < -0.3 is 10.5 Å². The van der Waals surface area contributed by atoms with Crippen LogP contribution in [0.25, 0.3) is 0 Å². The molecule has 0 spiro atoms. The van der Waals surface area contributed by atoms with Gasteiger partial charge in [-0.2, -0.15) is 5.26 Å². The molecule has 20 heavy (non-hydrogen) atoms. The van der Waals surface area contributed by atoms with E-state index >= 15 is 0 Å². The van der Waals surface area contributed by atoms with Crippen LogP contribution >= 0.6 is 0 Å². The Morgan fingerprint density at radius 2 is 2.20 bits per heavy atom. The van der Waals surface area contributed by atoms with Crippen molar-refractivity contribution < 1.29 is 4.74 Å². The molecule has 0 amide bonds. The molecule has 0 unspecified atom stereocenters. The van der Waals surface area contributed by atoms with Crippen molar-refractivity contribution in [2.45, 2.75) is 26.5 Å². The van der Waals surface area contributed by atoms with Gasteiger partial charge in [-0.3, -0.25) is 0 Å². The molecule has 0 aliphatic heterocycles. The van der Waals surface area contributed by atoms with Crippen molar-refractivity contribution >= 4 is 0 Å². The smallest absolute Gasteiger partial charge is 0.147 e. The molecule has 1 aromatic heterocycles. The Kier molecular flexibility index (Phi) is 4.34. The minimum absolute atomic E-state index is 0.00580. The van der Waals surface area contributed by atoms with E-state index in [9.17, 15) is 0 Å². The third-order valence-corrected chi connectivity index (χ3v) is 3.11. The maximum atomic E-state index is 8.99. The molecule has 2 aromatic rings. The first-order chi connectivity index (χ1) is 9.61. The van der Waals surface area contributed by atoms with Gasteiger partial charge in [-0.15, -0.1) is 0 Å². The molecule has 2 N–H and O–H groups in total. The van der Waals surface area contributed by atoms with E-state index in [1.54, 1.807) is 12.3 Å². The fraction of sp³-hybridized carbons (Fsp3) is 0.250. The predicted molar refractivity (Wildman–Crippen MR) is 77.1 cm³/mol. The van der Waals surface area contributed by atoms with Gasteiger partial charge in [0.15, 0.2) is 0 Å². The van der Waals surface area contributed by atoms with Crippen LogP contribution in [0.5, 0.6) is 5.75 Å². The molecular formula is C16H17N3O. The first-order valence-corrected chi connectivity index (χ1v) is 6.44. The number of benzene rings is 1. The summed E-state index contributed by atoms with van der Waals surface area (Å²) in [6.07, 6.45) is 1.60. The van der Waals surface area contributed by atoms with Crippen LogP contribution in [0.1, 0.15) is 35.3 Å². The average Bonchev–Trinajstić information content (AvgIpc) is 2.46. The topological polar surface area (TPSA) is 71.9 Å². The number of hydrogen-bond donors (Lipinski definition) is 1. The highest BCUT2D eigenvalue weighted by Gasteiger charge is 2.07. The van der Waals surface area contributed by atoms with Crippen LogP contribution in [0.2, 0.25) is 0 Å². The first kappa shape index (κ1) is 14.0. The number of hydrogen-bond acceptors (Lipinski definition) is 4. The standard InChI is InChI=1S/C16H17N3O/c1-11-8-13(12(2)18)5-6-16(11)20-10-14-4-3-7-19-15(14)9-17/h3-8,12H,10,18H2,1-2H3/t12-/m0/s1. The van der Waals surface area contributed by atoms with Crippen LogP contribution in [0.15, 0.2) is 36.5 Å². The summed E-state index contributed by atoms with van der Waals surface area (Å²) < 4.78 is 5.77. The maximum Gasteiger partial charge on any atom is 0.147 e. The highest BCUT2D eigenvalue weighted by atomic mass is 16.5. The van der Waals surface area contributed by atoms with Crippen molar-refractivity contribution in [3.63, 3.8) is 0 Å². The minimum atomic E-state index is 0.00580. The van der Waals surface area contributed by atoms with E-state index in [0.717, 1.165) is 22.4 Å². The number of rotatable bonds is 4. The first-order valence-electron chi connectivity index (χ1n) is 6.44. The molecule has 0 aliphatic rings. The zero-order valence-corrected chi connectivity index (χ0v) is 11.6. The largest absolute Gasteiger partial charge is 0.489 e. The van der Waals surface area contributed by atoms with Crippen molar-refractivity contribution in [2.75, 3.05) is 0 Å². The molecule has 1 heterocycles. The van der Waals surface area contributed by atoms with E-state index in [2.05, 4.69) is 11.1 Å². The molecule has 0 saturated carbocycles. The van der Waals surface area contributed by atoms with Gasteiger partial charge in [-0.25, -0.2) is 4.98 Å². The van der Waals surface area contributed by atoms with Crippen LogP contribution in [0.4, 0.5) is 0 Å². The fourth-order valence-electron chi connectivity index (χ4n) is 1.93. The lowest BCUT2D eigenvalue weighted by atomic mass is 10.1.